The quantitative estimate of drug-likeness (QED) is 0.544. The van der Waals surface area contributed by atoms with E-state index < -0.39 is 6.61 Å². The number of rotatable bonds is 4. The maximum atomic E-state index is 13.5. The highest BCUT2D eigenvalue weighted by molar-refractivity contribution is 6.04. The van der Waals surface area contributed by atoms with Gasteiger partial charge in [0, 0.05) is 75.9 Å². The number of carbonyl (C=O) groups excluding carboxylic acids is 2. The Morgan fingerprint density at radius 1 is 0.974 bits per heavy atom. The first-order chi connectivity index (χ1) is 18.9. The molecule has 0 aliphatic carbocycles. The van der Waals surface area contributed by atoms with E-state index in [0.29, 0.717) is 38.0 Å². The molecule has 3 aromatic heterocycles. The van der Waals surface area contributed by atoms with Crippen LogP contribution in [0.4, 0.5) is 16.3 Å². The molecule has 2 saturated heterocycles. The zero-order chi connectivity index (χ0) is 27.1. The molecule has 0 spiro atoms. The summed E-state index contributed by atoms with van der Waals surface area (Å²) in [5.41, 5.74) is 4.88. The van der Waals surface area contributed by atoms with E-state index in [1.807, 2.05) is 29.4 Å². The molecule has 204 valence electrons. The summed E-state index contributed by atoms with van der Waals surface area (Å²) in [6.07, 6.45) is 4.97. The van der Waals surface area contributed by atoms with Gasteiger partial charge in [-0.15, -0.1) is 0 Å². The molecular formula is C28H34N8O3. The summed E-state index contributed by atoms with van der Waals surface area (Å²) in [5, 5.41) is 9.25. The van der Waals surface area contributed by atoms with Crippen molar-refractivity contribution in [3.8, 4) is 11.3 Å². The summed E-state index contributed by atoms with van der Waals surface area (Å²) >= 11 is 0. The molecule has 11 heteroatoms. The molecule has 0 aromatic carbocycles. The van der Waals surface area contributed by atoms with E-state index >= 15 is 0 Å². The molecule has 3 aromatic rings. The number of carbonyl (C=O) groups is 2. The van der Waals surface area contributed by atoms with E-state index in [2.05, 4.69) is 34.0 Å². The van der Waals surface area contributed by atoms with Crippen molar-refractivity contribution in [2.75, 3.05) is 69.8 Å². The van der Waals surface area contributed by atoms with Crippen LogP contribution in [-0.2, 0) is 11.3 Å². The number of aromatic nitrogens is 3. The molecule has 11 nitrogen and oxygen atoms in total. The Kier molecular flexibility index (Phi) is 6.78. The number of aliphatic hydroxyl groups excluding tert-OH is 1. The number of piperazine rings is 1. The lowest BCUT2D eigenvalue weighted by Gasteiger charge is -2.43. The maximum absolute atomic E-state index is 13.5. The van der Waals surface area contributed by atoms with Gasteiger partial charge in [0.1, 0.15) is 17.9 Å². The van der Waals surface area contributed by atoms with Crippen molar-refractivity contribution < 1.29 is 14.7 Å². The summed E-state index contributed by atoms with van der Waals surface area (Å²) in [5.74, 6) is 0.696. The van der Waals surface area contributed by atoms with Crippen molar-refractivity contribution in [1.82, 2.24) is 29.7 Å². The molecule has 3 amide bonds. The molecule has 39 heavy (non-hydrogen) atoms. The number of piperidine rings is 1. The topological polar surface area (TPSA) is 109 Å². The third kappa shape index (κ3) is 4.76. The Bertz CT molecular complexity index is 1380. The minimum atomic E-state index is -0.493. The van der Waals surface area contributed by atoms with Crippen molar-refractivity contribution in [3.05, 3.63) is 42.2 Å². The number of likely N-dealkylation sites (N-methyl/N-ethyl adjacent to an activating group) is 1. The number of hydrogen-bond donors (Lipinski definition) is 1. The minimum absolute atomic E-state index is 0.0765. The third-order valence-corrected chi connectivity index (χ3v) is 8.13. The van der Waals surface area contributed by atoms with Gasteiger partial charge in [0.15, 0.2) is 0 Å². The second kappa shape index (κ2) is 10.4. The molecule has 1 N–H and O–H groups in total. The molecule has 3 aliphatic heterocycles. The summed E-state index contributed by atoms with van der Waals surface area (Å²) in [4.78, 5) is 49.8. The van der Waals surface area contributed by atoms with Crippen molar-refractivity contribution in [2.24, 2.45) is 0 Å². The minimum Gasteiger partial charge on any atom is -0.387 e. The molecule has 0 bridgehead atoms. The fraction of sp³-hybridized carbons (Fsp3) is 0.464. The lowest BCUT2D eigenvalue weighted by molar-refractivity contribution is -0.135. The Morgan fingerprint density at radius 3 is 2.44 bits per heavy atom. The molecule has 0 unspecified atom stereocenters. The zero-order valence-corrected chi connectivity index (χ0v) is 22.5. The fourth-order valence-corrected chi connectivity index (χ4v) is 5.81. The van der Waals surface area contributed by atoms with Gasteiger partial charge < -0.3 is 24.7 Å². The number of anilines is 2. The van der Waals surface area contributed by atoms with Gasteiger partial charge in [-0.2, -0.15) is 0 Å². The van der Waals surface area contributed by atoms with Crippen LogP contribution in [0.3, 0.4) is 0 Å². The number of aliphatic hydroxyl groups is 1. The Labute approximate surface area is 227 Å². The molecule has 0 atom stereocenters. The monoisotopic (exact) mass is 530 g/mol. The molecule has 6 heterocycles. The third-order valence-electron chi connectivity index (χ3n) is 8.13. The van der Waals surface area contributed by atoms with Gasteiger partial charge in [-0.1, -0.05) is 0 Å². The van der Waals surface area contributed by atoms with Crippen LogP contribution >= 0.6 is 0 Å². The van der Waals surface area contributed by atoms with E-state index in [1.54, 1.807) is 16.8 Å². The largest absolute Gasteiger partial charge is 0.387 e. The highest BCUT2D eigenvalue weighted by atomic mass is 16.3. The van der Waals surface area contributed by atoms with E-state index in [0.717, 1.165) is 60.0 Å². The van der Waals surface area contributed by atoms with Crippen LogP contribution in [0.1, 0.15) is 18.4 Å². The second-order valence-electron chi connectivity index (χ2n) is 10.7. The first kappa shape index (κ1) is 25.4. The van der Waals surface area contributed by atoms with E-state index in [9.17, 15) is 14.7 Å². The number of amides is 3. The number of pyridine rings is 3. The Balaban J connectivity index is 1.33. The summed E-state index contributed by atoms with van der Waals surface area (Å²) in [6, 6.07) is 7.86. The number of likely N-dealkylation sites (tertiary alicyclic amines) is 1. The average molecular weight is 531 g/mol. The predicted octanol–water partition coefficient (Wildman–Crippen LogP) is 1.80. The molecular weight excluding hydrogens is 496 g/mol. The molecule has 0 saturated carbocycles. The van der Waals surface area contributed by atoms with Crippen LogP contribution in [0.2, 0.25) is 0 Å². The van der Waals surface area contributed by atoms with Gasteiger partial charge in [0.2, 0.25) is 5.91 Å². The standard InChI is InChI=1S/C28H34N8O3/c1-32-11-13-34(14-12-32)24-6-3-19(15-30-24)22-4-5-23-26(31-22)27-20(16-29-23)17-33(2)28(39)36(27)21-7-9-35(10-8-21)25(38)18-37/h3-6,15-16,21,37H,7-14,17-18H2,1-2H3. The van der Waals surface area contributed by atoms with E-state index in [-0.39, 0.29) is 18.0 Å². The molecule has 6 rings (SSSR count). The van der Waals surface area contributed by atoms with Crippen molar-refractivity contribution in [2.45, 2.75) is 25.4 Å². The molecule has 0 radical (unpaired) electrons. The van der Waals surface area contributed by atoms with Gasteiger partial charge in [0.05, 0.1) is 23.4 Å². The lowest BCUT2D eigenvalue weighted by Crippen LogP contribution is -2.54. The lowest BCUT2D eigenvalue weighted by atomic mass is 9.99. The SMILES string of the molecule is CN1CCN(c2ccc(-c3ccc4ncc5c(c4n3)N(C3CCN(C(=O)CO)CC3)C(=O)N(C)C5)cn2)CC1. The normalized spacial score (nSPS) is 19.1. The number of hydrogen-bond acceptors (Lipinski definition) is 8. The van der Waals surface area contributed by atoms with Crippen LogP contribution in [0.25, 0.3) is 22.3 Å². The van der Waals surface area contributed by atoms with Crippen LogP contribution in [0.15, 0.2) is 36.7 Å². The van der Waals surface area contributed by atoms with E-state index in [1.165, 1.54) is 0 Å². The highest BCUT2D eigenvalue weighted by Gasteiger charge is 2.37. The second-order valence-corrected chi connectivity index (χ2v) is 10.7. The Hall–Kier alpha value is -3.83. The average Bonchev–Trinajstić information content (AvgIpc) is 2.98. The number of nitrogens with zero attached hydrogens (tertiary/aromatic N) is 8. The number of urea groups is 1. The van der Waals surface area contributed by atoms with Crippen LogP contribution < -0.4 is 9.80 Å². The first-order valence-corrected chi connectivity index (χ1v) is 13.5. The fourth-order valence-electron chi connectivity index (χ4n) is 5.81. The van der Waals surface area contributed by atoms with Gasteiger partial charge >= 0.3 is 6.03 Å². The predicted molar refractivity (Wildman–Crippen MR) is 149 cm³/mol. The maximum Gasteiger partial charge on any atom is 0.324 e. The van der Waals surface area contributed by atoms with Crippen LogP contribution in [0, 0.1) is 0 Å². The summed E-state index contributed by atoms with van der Waals surface area (Å²) in [7, 11) is 3.94. The van der Waals surface area contributed by atoms with Gasteiger partial charge in [-0.3, -0.25) is 14.7 Å². The highest BCUT2D eigenvalue weighted by Crippen LogP contribution is 2.37. The summed E-state index contributed by atoms with van der Waals surface area (Å²) < 4.78 is 0. The van der Waals surface area contributed by atoms with Crippen LogP contribution in [0.5, 0.6) is 0 Å². The molecule has 3 aliphatic rings. The number of fused-ring (bicyclic) bond motifs is 3. The van der Waals surface area contributed by atoms with Crippen molar-refractivity contribution in [3.63, 3.8) is 0 Å². The van der Waals surface area contributed by atoms with E-state index in [4.69, 9.17) is 9.97 Å². The van der Waals surface area contributed by atoms with Gasteiger partial charge in [0.25, 0.3) is 0 Å². The summed E-state index contributed by atoms with van der Waals surface area (Å²) in [6.45, 7) is 4.93. The Morgan fingerprint density at radius 2 is 1.74 bits per heavy atom. The van der Waals surface area contributed by atoms with Crippen molar-refractivity contribution in [1.29, 1.82) is 0 Å². The van der Waals surface area contributed by atoms with Crippen LogP contribution in [-0.4, -0.2) is 113 Å². The smallest absolute Gasteiger partial charge is 0.324 e. The zero-order valence-electron chi connectivity index (χ0n) is 22.5. The van der Waals surface area contributed by atoms with Gasteiger partial charge in [-0.05, 0) is 44.2 Å². The van der Waals surface area contributed by atoms with Gasteiger partial charge in [-0.25, -0.2) is 14.8 Å². The first-order valence-electron chi connectivity index (χ1n) is 13.5. The van der Waals surface area contributed by atoms with Crippen molar-refractivity contribution >= 4 is 34.5 Å². The molecule has 2 fully saturated rings.